The quantitative estimate of drug-likeness (QED) is 0.350. The van der Waals surface area contributed by atoms with Crippen LogP contribution in [0.4, 0.5) is 0 Å². The number of rotatable bonds is 8. The van der Waals surface area contributed by atoms with Crippen LogP contribution in [0.5, 0.6) is 5.75 Å². The first-order chi connectivity index (χ1) is 11.0. The first-order valence-corrected chi connectivity index (χ1v) is 8.33. The average Bonchev–Trinajstić information content (AvgIpc) is 2.54. The number of methoxy groups -OCH3 is 1. The molecule has 1 aromatic rings. The third-order valence-electron chi connectivity index (χ3n) is 3.81. The summed E-state index contributed by atoms with van der Waals surface area (Å²) in [7, 11) is 5.54. The number of hydrogen-bond donors (Lipinski definition) is 2. The van der Waals surface area contributed by atoms with Crippen molar-refractivity contribution in [3.05, 3.63) is 28.8 Å². The first kappa shape index (κ1) is 23.3. The molecule has 5 nitrogen and oxygen atoms in total. The normalized spacial score (nSPS) is 11.4. The molecule has 1 aromatic carbocycles. The fourth-order valence-electron chi connectivity index (χ4n) is 2.00. The number of guanidine groups is 1. The smallest absolute Gasteiger partial charge is 0.191 e. The van der Waals surface area contributed by atoms with Crippen molar-refractivity contribution < 1.29 is 4.74 Å². The summed E-state index contributed by atoms with van der Waals surface area (Å²) in [4.78, 5) is 6.52. The molecule has 0 spiro atoms. The molecule has 0 aliphatic carbocycles. The predicted octanol–water partition coefficient (Wildman–Crippen LogP) is 3.01. The van der Waals surface area contributed by atoms with Gasteiger partial charge in [-0.15, -0.1) is 24.0 Å². The van der Waals surface area contributed by atoms with E-state index in [0.717, 1.165) is 48.4 Å². The Morgan fingerprint density at radius 1 is 1.29 bits per heavy atom. The maximum Gasteiger partial charge on any atom is 0.191 e. The molecule has 0 unspecified atom stereocenters. The van der Waals surface area contributed by atoms with Crippen molar-refractivity contribution in [2.24, 2.45) is 4.99 Å². The summed E-state index contributed by atoms with van der Waals surface area (Å²) in [6.45, 7) is 6.98. The molecule has 24 heavy (non-hydrogen) atoms. The molecule has 0 amide bonds. The van der Waals surface area contributed by atoms with Gasteiger partial charge < -0.3 is 20.3 Å². The van der Waals surface area contributed by atoms with E-state index in [0.29, 0.717) is 6.04 Å². The molecule has 138 valence electrons. The van der Waals surface area contributed by atoms with Crippen molar-refractivity contribution in [3.63, 3.8) is 0 Å². The van der Waals surface area contributed by atoms with Gasteiger partial charge in [0.05, 0.1) is 7.11 Å². The molecule has 2 N–H and O–H groups in total. The van der Waals surface area contributed by atoms with Crippen LogP contribution < -0.4 is 15.4 Å². The van der Waals surface area contributed by atoms with Gasteiger partial charge in [0, 0.05) is 37.7 Å². The minimum Gasteiger partial charge on any atom is -0.497 e. The molecule has 0 atom stereocenters. The largest absolute Gasteiger partial charge is 0.497 e. The van der Waals surface area contributed by atoms with E-state index >= 15 is 0 Å². The summed E-state index contributed by atoms with van der Waals surface area (Å²) in [6.07, 6.45) is 0.829. The fraction of sp³-hybridized carbons (Fsp3) is 0.588. The summed E-state index contributed by atoms with van der Waals surface area (Å²) >= 11 is 6.25. The van der Waals surface area contributed by atoms with E-state index < -0.39 is 0 Å². The van der Waals surface area contributed by atoms with Gasteiger partial charge in [-0.2, -0.15) is 0 Å². The van der Waals surface area contributed by atoms with Gasteiger partial charge in [0.15, 0.2) is 5.96 Å². The lowest BCUT2D eigenvalue weighted by Crippen LogP contribution is -2.42. The monoisotopic (exact) mass is 468 g/mol. The lowest BCUT2D eigenvalue weighted by atomic mass is 10.1. The SMILES string of the molecule is CN=C(NCCc1ccc(OC)cc1Cl)NCCN(C)C(C)C.I. The Morgan fingerprint density at radius 2 is 1.96 bits per heavy atom. The third kappa shape index (κ3) is 8.39. The van der Waals surface area contributed by atoms with Gasteiger partial charge in [0.2, 0.25) is 0 Å². The first-order valence-electron chi connectivity index (χ1n) is 7.95. The molecule has 1 rings (SSSR count). The standard InChI is InChI=1S/C17H29ClN4O.HI/c1-13(2)22(4)11-10-21-17(19-3)20-9-8-14-6-7-15(23-5)12-16(14)18;/h6-7,12-13H,8-11H2,1-5H3,(H2,19,20,21);1H. The average molecular weight is 469 g/mol. The van der Waals surface area contributed by atoms with E-state index in [2.05, 4.69) is 41.4 Å². The fourth-order valence-corrected chi connectivity index (χ4v) is 2.27. The molecule has 0 saturated heterocycles. The molecule has 7 heteroatoms. The van der Waals surface area contributed by atoms with Crippen LogP contribution in [0.2, 0.25) is 5.02 Å². The van der Waals surface area contributed by atoms with Gasteiger partial charge in [-0.3, -0.25) is 4.99 Å². The lowest BCUT2D eigenvalue weighted by molar-refractivity contribution is 0.278. The zero-order chi connectivity index (χ0) is 17.2. The highest BCUT2D eigenvalue weighted by Gasteiger charge is 2.05. The molecule has 0 fully saturated rings. The minimum absolute atomic E-state index is 0. The van der Waals surface area contributed by atoms with Gasteiger partial charge in [-0.25, -0.2) is 0 Å². The van der Waals surface area contributed by atoms with Crippen LogP contribution in [0.1, 0.15) is 19.4 Å². The van der Waals surface area contributed by atoms with E-state index in [1.165, 1.54) is 0 Å². The zero-order valence-corrected chi connectivity index (χ0v) is 18.3. The number of benzene rings is 1. The maximum absolute atomic E-state index is 6.25. The Bertz CT molecular complexity index is 511. The molecule has 0 heterocycles. The predicted molar refractivity (Wildman–Crippen MR) is 114 cm³/mol. The van der Waals surface area contributed by atoms with E-state index in [1.54, 1.807) is 14.2 Å². The van der Waals surface area contributed by atoms with Gasteiger partial charge in [-0.05, 0) is 45.0 Å². The maximum atomic E-state index is 6.25. The Kier molecular flexibility index (Phi) is 12.2. The Hall–Kier alpha value is -0.730. The van der Waals surface area contributed by atoms with E-state index in [1.807, 2.05) is 18.2 Å². The van der Waals surface area contributed by atoms with Crippen LogP contribution in [0.25, 0.3) is 0 Å². The Morgan fingerprint density at radius 3 is 2.50 bits per heavy atom. The van der Waals surface area contributed by atoms with Crippen molar-refractivity contribution >= 4 is 41.5 Å². The van der Waals surface area contributed by atoms with Crippen molar-refractivity contribution in [2.75, 3.05) is 40.8 Å². The molecule has 0 aliphatic heterocycles. The van der Waals surface area contributed by atoms with Crippen molar-refractivity contribution in [1.29, 1.82) is 0 Å². The van der Waals surface area contributed by atoms with E-state index in [9.17, 15) is 0 Å². The van der Waals surface area contributed by atoms with Crippen LogP contribution >= 0.6 is 35.6 Å². The molecular weight excluding hydrogens is 439 g/mol. The summed E-state index contributed by atoms with van der Waals surface area (Å²) in [5.41, 5.74) is 1.09. The highest BCUT2D eigenvalue weighted by Crippen LogP contribution is 2.22. The number of halogens is 2. The van der Waals surface area contributed by atoms with Gasteiger partial charge >= 0.3 is 0 Å². The number of ether oxygens (including phenoxy) is 1. The molecule has 0 bridgehead atoms. The lowest BCUT2D eigenvalue weighted by Gasteiger charge is -2.21. The second kappa shape index (κ2) is 12.6. The number of aliphatic imine (C=N–C) groups is 1. The summed E-state index contributed by atoms with van der Waals surface area (Å²) in [5, 5.41) is 7.36. The molecule has 0 radical (unpaired) electrons. The van der Waals surface area contributed by atoms with Crippen molar-refractivity contribution in [1.82, 2.24) is 15.5 Å². The number of likely N-dealkylation sites (N-methyl/N-ethyl adjacent to an activating group) is 1. The van der Waals surface area contributed by atoms with Gasteiger partial charge in [-0.1, -0.05) is 17.7 Å². The van der Waals surface area contributed by atoms with Crippen LogP contribution in [0.3, 0.4) is 0 Å². The minimum atomic E-state index is 0. The van der Waals surface area contributed by atoms with Crippen LogP contribution in [0.15, 0.2) is 23.2 Å². The number of hydrogen-bond acceptors (Lipinski definition) is 3. The second-order valence-electron chi connectivity index (χ2n) is 5.71. The number of nitrogens with zero attached hydrogens (tertiary/aromatic N) is 2. The third-order valence-corrected chi connectivity index (χ3v) is 4.16. The van der Waals surface area contributed by atoms with Crippen molar-refractivity contribution in [3.8, 4) is 5.75 Å². The topological polar surface area (TPSA) is 48.9 Å². The zero-order valence-electron chi connectivity index (χ0n) is 15.2. The van der Waals surface area contributed by atoms with Crippen LogP contribution in [0, 0.1) is 0 Å². The highest BCUT2D eigenvalue weighted by atomic mass is 127. The summed E-state index contributed by atoms with van der Waals surface area (Å²) in [5.74, 6) is 1.59. The van der Waals surface area contributed by atoms with Crippen molar-refractivity contribution in [2.45, 2.75) is 26.3 Å². The summed E-state index contributed by atoms with van der Waals surface area (Å²) in [6, 6.07) is 6.31. The highest BCUT2D eigenvalue weighted by molar-refractivity contribution is 14.0. The van der Waals surface area contributed by atoms with Gasteiger partial charge in [0.1, 0.15) is 5.75 Å². The summed E-state index contributed by atoms with van der Waals surface area (Å²) < 4.78 is 5.16. The molecular formula is C17H30ClIN4O. The van der Waals surface area contributed by atoms with E-state index in [-0.39, 0.29) is 24.0 Å². The van der Waals surface area contributed by atoms with Gasteiger partial charge in [0.25, 0.3) is 0 Å². The van der Waals surface area contributed by atoms with E-state index in [4.69, 9.17) is 16.3 Å². The molecule has 0 saturated carbocycles. The van der Waals surface area contributed by atoms with Crippen LogP contribution in [-0.2, 0) is 6.42 Å². The van der Waals surface area contributed by atoms with Crippen LogP contribution in [-0.4, -0.2) is 57.7 Å². The Balaban J connectivity index is 0.00000529. The Labute approximate surface area is 168 Å². The second-order valence-corrected chi connectivity index (χ2v) is 6.11. The molecule has 0 aliphatic rings. The number of nitrogens with one attached hydrogen (secondary N) is 2. The molecule has 0 aromatic heterocycles.